The quantitative estimate of drug-likeness (QED) is 0.485. The van der Waals surface area contributed by atoms with Crippen molar-refractivity contribution < 1.29 is 14.3 Å². The van der Waals surface area contributed by atoms with E-state index in [1.165, 1.54) is 0 Å². The number of anilines is 1. The number of carbonyl (C=O) groups is 2. The zero-order valence-electron chi connectivity index (χ0n) is 22.3. The largest absolute Gasteiger partial charge is 0.465 e. The van der Waals surface area contributed by atoms with Gasteiger partial charge in [-0.3, -0.25) is 19.4 Å². The molecule has 0 aliphatic carbocycles. The molecule has 2 saturated heterocycles. The third-order valence-electron chi connectivity index (χ3n) is 7.66. The van der Waals surface area contributed by atoms with Crippen LogP contribution in [0.4, 0.5) is 5.69 Å². The van der Waals surface area contributed by atoms with E-state index in [4.69, 9.17) is 10.00 Å². The smallest absolute Gasteiger partial charge is 0.320 e. The van der Waals surface area contributed by atoms with Crippen molar-refractivity contribution in [1.29, 1.82) is 5.26 Å². The van der Waals surface area contributed by atoms with Gasteiger partial charge in [-0.2, -0.15) is 5.26 Å². The highest BCUT2D eigenvalue weighted by Gasteiger charge is 2.35. The second kappa shape index (κ2) is 13.9. The number of likely N-dealkylation sites (tertiary alicyclic amines) is 1. The van der Waals surface area contributed by atoms with E-state index < -0.39 is 0 Å². The Hall–Kier alpha value is -3.41. The molecule has 2 heterocycles. The second-order valence-electron chi connectivity index (χ2n) is 10.1. The summed E-state index contributed by atoms with van der Waals surface area (Å²) in [5.41, 5.74) is 2.93. The number of nitrogens with zero attached hydrogens (tertiary/aromatic N) is 4. The zero-order valence-corrected chi connectivity index (χ0v) is 22.3. The van der Waals surface area contributed by atoms with Crippen molar-refractivity contribution in [3.63, 3.8) is 0 Å². The SMILES string of the molecule is CCOC(=O)CN1CCC(N2CCN(c3ccc(C#N)cc3)CC2)C(CCC(=O)NCc2ccccc2)C1. The maximum Gasteiger partial charge on any atom is 0.320 e. The summed E-state index contributed by atoms with van der Waals surface area (Å²) >= 11 is 0. The molecule has 2 aliphatic rings. The molecule has 0 saturated carbocycles. The lowest BCUT2D eigenvalue weighted by Crippen LogP contribution is -2.57. The minimum absolute atomic E-state index is 0.0701. The predicted molar refractivity (Wildman–Crippen MR) is 147 cm³/mol. The summed E-state index contributed by atoms with van der Waals surface area (Å²) in [7, 11) is 0. The summed E-state index contributed by atoms with van der Waals surface area (Å²) in [6, 6.07) is 20.3. The van der Waals surface area contributed by atoms with Gasteiger partial charge in [-0.25, -0.2) is 0 Å². The molecule has 0 aromatic heterocycles. The fourth-order valence-electron chi connectivity index (χ4n) is 5.65. The van der Waals surface area contributed by atoms with Crippen LogP contribution in [0.2, 0.25) is 0 Å². The van der Waals surface area contributed by atoms with E-state index in [1.54, 1.807) is 0 Å². The van der Waals surface area contributed by atoms with E-state index in [0.717, 1.165) is 63.4 Å². The Bertz CT molecular complexity index is 1080. The van der Waals surface area contributed by atoms with Crippen LogP contribution in [0.15, 0.2) is 54.6 Å². The molecule has 4 rings (SSSR count). The normalized spacial score (nSPS) is 20.5. The van der Waals surface area contributed by atoms with Crippen molar-refractivity contribution in [1.82, 2.24) is 15.1 Å². The molecular weight excluding hydrogens is 478 g/mol. The first kappa shape index (κ1) is 27.6. The highest BCUT2D eigenvalue weighted by molar-refractivity contribution is 5.75. The van der Waals surface area contributed by atoms with E-state index >= 15 is 0 Å². The van der Waals surface area contributed by atoms with E-state index in [2.05, 4.69) is 26.1 Å². The fourth-order valence-corrected chi connectivity index (χ4v) is 5.65. The van der Waals surface area contributed by atoms with Gasteiger partial charge in [0.05, 0.1) is 24.8 Å². The average molecular weight is 518 g/mol. The van der Waals surface area contributed by atoms with Crippen molar-refractivity contribution in [2.45, 2.75) is 38.8 Å². The van der Waals surface area contributed by atoms with Gasteiger partial charge < -0.3 is 15.0 Å². The summed E-state index contributed by atoms with van der Waals surface area (Å²) in [5.74, 6) is 0.198. The molecule has 2 atom stereocenters. The summed E-state index contributed by atoms with van der Waals surface area (Å²) < 4.78 is 5.19. The van der Waals surface area contributed by atoms with Crippen LogP contribution in [0.1, 0.15) is 37.3 Å². The number of piperidine rings is 1. The average Bonchev–Trinajstić information content (AvgIpc) is 2.96. The summed E-state index contributed by atoms with van der Waals surface area (Å²) in [4.78, 5) is 32.0. The van der Waals surface area contributed by atoms with Crippen molar-refractivity contribution in [3.8, 4) is 6.07 Å². The molecular formula is C30H39N5O3. The van der Waals surface area contributed by atoms with E-state index in [0.29, 0.717) is 43.6 Å². The molecule has 8 heteroatoms. The topological polar surface area (TPSA) is 88.9 Å². The van der Waals surface area contributed by atoms with Crippen LogP contribution in [-0.2, 0) is 20.9 Å². The lowest BCUT2D eigenvalue weighted by atomic mass is 9.86. The second-order valence-corrected chi connectivity index (χ2v) is 10.1. The first-order valence-corrected chi connectivity index (χ1v) is 13.7. The molecule has 8 nitrogen and oxygen atoms in total. The van der Waals surface area contributed by atoms with Crippen LogP contribution in [0.5, 0.6) is 0 Å². The number of amides is 1. The zero-order chi connectivity index (χ0) is 26.7. The van der Waals surface area contributed by atoms with Gasteiger partial charge in [0.1, 0.15) is 0 Å². The number of rotatable bonds is 10. The van der Waals surface area contributed by atoms with Gasteiger partial charge >= 0.3 is 5.97 Å². The molecule has 2 aromatic rings. The number of hydrogen-bond donors (Lipinski definition) is 1. The van der Waals surface area contributed by atoms with Gasteiger partial charge in [0, 0.05) is 64.0 Å². The van der Waals surface area contributed by atoms with Gasteiger partial charge in [-0.05, 0) is 55.5 Å². The van der Waals surface area contributed by atoms with Crippen molar-refractivity contribution >= 4 is 17.6 Å². The molecule has 0 spiro atoms. The molecule has 0 bridgehead atoms. The number of ether oxygens (including phenoxy) is 1. The molecule has 2 aromatic carbocycles. The standard InChI is InChI=1S/C30H39N5O3/c1-2-38-30(37)23-33-15-14-28(26(22-33)10-13-29(36)32-21-25-6-4-3-5-7-25)35-18-16-34(17-19-35)27-11-8-24(20-31)9-12-27/h3-9,11-12,26,28H,2,10,13-19,21-23H2,1H3,(H,32,36). The van der Waals surface area contributed by atoms with Gasteiger partial charge in [0.25, 0.3) is 0 Å². The Balaban J connectivity index is 1.33. The monoisotopic (exact) mass is 517 g/mol. The lowest BCUT2D eigenvalue weighted by molar-refractivity contribution is -0.145. The number of esters is 1. The molecule has 38 heavy (non-hydrogen) atoms. The van der Waals surface area contributed by atoms with Crippen LogP contribution < -0.4 is 10.2 Å². The highest BCUT2D eigenvalue weighted by atomic mass is 16.5. The Morgan fingerprint density at radius 2 is 1.76 bits per heavy atom. The Kier molecular flexibility index (Phi) is 10.1. The maximum atomic E-state index is 12.7. The van der Waals surface area contributed by atoms with Crippen molar-refractivity contribution in [2.75, 3.05) is 57.3 Å². The Labute approximate surface area is 226 Å². The first-order chi connectivity index (χ1) is 18.6. The summed E-state index contributed by atoms with van der Waals surface area (Å²) in [5, 5.41) is 12.1. The van der Waals surface area contributed by atoms with Gasteiger partial charge in [-0.1, -0.05) is 30.3 Å². The third-order valence-corrected chi connectivity index (χ3v) is 7.66. The first-order valence-electron chi connectivity index (χ1n) is 13.7. The molecule has 2 fully saturated rings. The van der Waals surface area contributed by atoms with Crippen LogP contribution in [0.25, 0.3) is 0 Å². The van der Waals surface area contributed by atoms with Crippen molar-refractivity contribution in [2.24, 2.45) is 5.92 Å². The van der Waals surface area contributed by atoms with Gasteiger partial charge in [0.2, 0.25) is 5.91 Å². The molecule has 2 unspecified atom stereocenters. The third kappa shape index (κ3) is 7.80. The maximum absolute atomic E-state index is 12.7. The van der Waals surface area contributed by atoms with Crippen LogP contribution in [-0.4, -0.2) is 80.1 Å². The summed E-state index contributed by atoms with van der Waals surface area (Å²) in [6.07, 6.45) is 2.25. The van der Waals surface area contributed by atoms with Crippen LogP contribution in [0, 0.1) is 17.2 Å². The lowest BCUT2D eigenvalue weighted by Gasteiger charge is -2.47. The van der Waals surface area contributed by atoms with Crippen molar-refractivity contribution in [3.05, 3.63) is 65.7 Å². The van der Waals surface area contributed by atoms with Gasteiger partial charge in [-0.15, -0.1) is 0 Å². The van der Waals surface area contributed by atoms with Crippen LogP contribution in [0.3, 0.4) is 0 Å². The molecule has 1 N–H and O–H groups in total. The minimum atomic E-state index is -0.179. The molecule has 202 valence electrons. The number of piperazine rings is 1. The molecule has 2 aliphatic heterocycles. The van der Waals surface area contributed by atoms with Gasteiger partial charge in [0.15, 0.2) is 0 Å². The highest BCUT2D eigenvalue weighted by Crippen LogP contribution is 2.28. The Morgan fingerprint density at radius 1 is 1.03 bits per heavy atom. The molecule has 0 radical (unpaired) electrons. The number of nitrogens with one attached hydrogen (secondary N) is 1. The minimum Gasteiger partial charge on any atom is -0.465 e. The van der Waals surface area contributed by atoms with Crippen LogP contribution >= 0.6 is 0 Å². The summed E-state index contributed by atoms with van der Waals surface area (Å²) in [6.45, 7) is 8.50. The number of benzene rings is 2. The number of hydrogen-bond acceptors (Lipinski definition) is 7. The van der Waals surface area contributed by atoms with E-state index in [1.807, 2.05) is 61.5 Å². The van der Waals surface area contributed by atoms with E-state index in [9.17, 15) is 9.59 Å². The van der Waals surface area contributed by atoms with E-state index in [-0.39, 0.29) is 11.9 Å². The fraction of sp³-hybridized carbons (Fsp3) is 0.500. The number of carbonyl (C=O) groups excluding carboxylic acids is 2. The Morgan fingerprint density at radius 3 is 2.45 bits per heavy atom. The number of nitriles is 1. The molecule has 1 amide bonds. The predicted octanol–water partition coefficient (Wildman–Crippen LogP) is 3.03.